The molecule has 0 saturated carbocycles. The van der Waals surface area contributed by atoms with Crippen LogP contribution in [0.3, 0.4) is 0 Å². The lowest BCUT2D eigenvalue weighted by molar-refractivity contribution is 0.642. The van der Waals surface area contributed by atoms with Crippen LogP contribution in [0.5, 0.6) is 0 Å². The molecule has 2 aromatic rings. The Balaban J connectivity index is 2.10. The minimum absolute atomic E-state index is 0.0578. The largest absolute Gasteiger partial charge is 0.291 e. The van der Waals surface area contributed by atoms with Crippen LogP contribution in [0.15, 0.2) is 70.9 Å². The van der Waals surface area contributed by atoms with Crippen molar-refractivity contribution in [2.45, 2.75) is 13.1 Å². The summed E-state index contributed by atoms with van der Waals surface area (Å²) in [6, 6.07) is 20.6. The van der Waals surface area contributed by atoms with E-state index < -0.39 is 0 Å². The minimum Gasteiger partial charge on any atom is -0.291 e. The monoisotopic (exact) mass is 263 g/mol. The number of hydrogen-bond donors (Lipinski definition) is 1. The number of nitrogens with zero attached hydrogens (tertiary/aromatic N) is 2. The van der Waals surface area contributed by atoms with E-state index in [4.69, 9.17) is 0 Å². The Labute approximate surface area is 119 Å². The van der Waals surface area contributed by atoms with Gasteiger partial charge in [0.2, 0.25) is 0 Å². The third-order valence-corrected chi connectivity index (χ3v) is 3.33. The van der Waals surface area contributed by atoms with E-state index in [9.17, 15) is 0 Å². The van der Waals surface area contributed by atoms with Crippen LogP contribution in [0.1, 0.15) is 18.1 Å². The Morgan fingerprint density at radius 2 is 1.50 bits per heavy atom. The van der Waals surface area contributed by atoms with Gasteiger partial charge in [-0.1, -0.05) is 67.6 Å². The van der Waals surface area contributed by atoms with Crippen LogP contribution in [-0.2, 0) is 0 Å². The summed E-state index contributed by atoms with van der Waals surface area (Å²) in [7, 11) is 0. The molecule has 0 aromatic heterocycles. The molecule has 3 rings (SSSR count). The Bertz CT molecular complexity index is 630. The van der Waals surface area contributed by atoms with Gasteiger partial charge in [0, 0.05) is 11.1 Å². The number of azo groups is 1. The first kappa shape index (κ1) is 12.8. The molecule has 1 atom stereocenters. The van der Waals surface area contributed by atoms with E-state index in [-0.39, 0.29) is 6.17 Å². The average molecular weight is 263 g/mol. The fourth-order valence-electron chi connectivity index (χ4n) is 2.41. The molecule has 1 aliphatic rings. The van der Waals surface area contributed by atoms with Crippen LogP contribution in [0.25, 0.3) is 11.3 Å². The lowest BCUT2D eigenvalue weighted by atomic mass is 9.98. The zero-order chi connectivity index (χ0) is 13.8. The smallest absolute Gasteiger partial charge is 0.149 e. The summed E-state index contributed by atoms with van der Waals surface area (Å²) in [4.78, 5) is 0. The van der Waals surface area contributed by atoms with E-state index in [2.05, 4.69) is 46.7 Å². The molecule has 0 fully saturated rings. The van der Waals surface area contributed by atoms with Crippen LogP contribution in [0, 0.1) is 0 Å². The van der Waals surface area contributed by atoms with Crippen LogP contribution < -0.4 is 5.32 Å². The zero-order valence-electron chi connectivity index (χ0n) is 11.5. The van der Waals surface area contributed by atoms with E-state index in [0.29, 0.717) is 0 Å². The molecule has 20 heavy (non-hydrogen) atoms. The summed E-state index contributed by atoms with van der Waals surface area (Å²) < 4.78 is 0. The number of hydrogen-bond acceptors (Lipinski definition) is 3. The first-order valence-corrected chi connectivity index (χ1v) is 6.89. The zero-order valence-corrected chi connectivity index (χ0v) is 11.5. The second-order valence-corrected chi connectivity index (χ2v) is 4.67. The third kappa shape index (κ3) is 2.40. The SMILES string of the molecule is CCNC1N=NC(c2ccccc2)=C1c1ccccc1. The molecule has 1 heterocycles. The number of benzene rings is 2. The van der Waals surface area contributed by atoms with E-state index in [1.54, 1.807) is 0 Å². The van der Waals surface area contributed by atoms with Gasteiger partial charge in [0.05, 0.1) is 5.70 Å². The molecular weight excluding hydrogens is 246 g/mol. The van der Waals surface area contributed by atoms with Gasteiger partial charge in [0.15, 0.2) is 0 Å². The molecule has 0 spiro atoms. The number of rotatable bonds is 4. The average Bonchev–Trinajstić information content (AvgIpc) is 2.93. The number of likely N-dealkylation sites (N-methyl/N-ethyl adjacent to an activating group) is 1. The summed E-state index contributed by atoms with van der Waals surface area (Å²) in [5.41, 5.74) is 4.39. The molecule has 0 bridgehead atoms. The van der Waals surface area contributed by atoms with Gasteiger partial charge in [-0.15, -0.1) is 0 Å². The molecule has 0 saturated heterocycles. The Morgan fingerprint density at radius 1 is 0.900 bits per heavy atom. The molecule has 3 nitrogen and oxygen atoms in total. The van der Waals surface area contributed by atoms with Crippen molar-refractivity contribution in [1.82, 2.24) is 5.32 Å². The van der Waals surface area contributed by atoms with Crippen LogP contribution in [0.2, 0.25) is 0 Å². The molecule has 100 valence electrons. The third-order valence-electron chi connectivity index (χ3n) is 3.33. The summed E-state index contributed by atoms with van der Waals surface area (Å²) in [6.45, 7) is 2.95. The quantitative estimate of drug-likeness (QED) is 0.890. The van der Waals surface area contributed by atoms with Crippen LogP contribution in [-0.4, -0.2) is 12.7 Å². The maximum absolute atomic E-state index is 4.41. The predicted molar refractivity (Wildman–Crippen MR) is 82.0 cm³/mol. The van der Waals surface area contributed by atoms with Crippen molar-refractivity contribution in [3.05, 3.63) is 71.8 Å². The van der Waals surface area contributed by atoms with Gasteiger partial charge in [-0.25, -0.2) is 0 Å². The van der Waals surface area contributed by atoms with Crippen LogP contribution in [0.4, 0.5) is 0 Å². The van der Waals surface area contributed by atoms with Gasteiger partial charge in [0.25, 0.3) is 0 Å². The van der Waals surface area contributed by atoms with Gasteiger partial charge < -0.3 is 0 Å². The minimum atomic E-state index is -0.0578. The maximum Gasteiger partial charge on any atom is 0.149 e. The molecule has 1 aliphatic heterocycles. The second-order valence-electron chi connectivity index (χ2n) is 4.67. The van der Waals surface area contributed by atoms with Gasteiger partial charge in [-0.2, -0.15) is 10.2 Å². The Kier molecular flexibility index (Phi) is 3.70. The summed E-state index contributed by atoms with van der Waals surface area (Å²) in [5.74, 6) is 0. The molecule has 0 aliphatic carbocycles. The summed E-state index contributed by atoms with van der Waals surface area (Å²) in [6.07, 6.45) is -0.0578. The molecule has 1 N–H and O–H groups in total. The first-order valence-electron chi connectivity index (χ1n) is 6.89. The van der Waals surface area contributed by atoms with Crippen molar-refractivity contribution in [3.8, 4) is 0 Å². The lowest BCUT2D eigenvalue weighted by Gasteiger charge is -2.13. The highest BCUT2D eigenvalue weighted by atomic mass is 15.2. The normalized spacial score (nSPS) is 17.8. The van der Waals surface area contributed by atoms with Gasteiger partial charge in [-0.05, 0) is 12.1 Å². The second kappa shape index (κ2) is 5.80. The standard InChI is InChI=1S/C17H17N3/c1-2-18-17-15(13-9-5-3-6-10-13)16(19-20-17)14-11-7-4-8-12-14/h3-12,17-18H,2H2,1H3. The Morgan fingerprint density at radius 3 is 2.10 bits per heavy atom. The molecule has 2 aromatic carbocycles. The highest BCUT2D eigenvalue weighted by Gasteiger charge is 2.25. The van der Waals surface area contributed by atoms with Crippen molar-refractivity contribution in [2.24, 2.45) is 10.2 Å². The topological polar surface area (TPSA) is 36.8 Å². The lowest BCUT2D eigenvalue weighted by Crippen LogP contribution is -2.26. The molecular formula is C17H17N3. The van der Waals surface area contributed by atoms with Crippen molar-refractivity contribution < 1.29 is 0 Å². The Hall–Kier alpha value is -2.26. The maximum atomic E-state index is 4.41. The summed E-state index contributed by atoms with van der Waals surface area (Å²) in [5, 5.41) is 12.2. The first-order chi connectivity index (χ1) is 9.90. The van der Waals surface area contributed by atoms with Crippen molar-refractivity contribution in [3.63, 3.8) is 0 Å². The molecule has 1 unspecified atom stereocenters. The van der Waals surface area contributed by atoms with E-state index >= 15 is 0 Å². The summed E-state index contributed by atoms with van der Waals surface area (Å²) >= 11 is 0. The van der Waals surface area contributed by atoms with Crippen molar-refractivity contribution >= 4 is 11.3 Å². The highest BCUT2D eigenvalue weighted by Crippen LogP contribution is 2.35. The highest BCUT2D eigenvalue weighted by molar-refractivity contribution is 5.93. The van der Waals surface area contributed by atoms with Gasteiger partial charge in [-0.3, -0.25) is 5.32 Å². The van der Waals surface area contributed by atoms with Gasteiger partial charge >= 0.3 is 0 Å². The van der Waals surface area contributed by atoms with E-state index in [0.717, 1.165) is 23.4 Å². The predicted octanol–water partition coefficient (Wildman–Crippen LogP) is 3.96. The number of nitrogens with one attached hydrogen (secondary N) is 1. The van der Waals surface area contributed by atoms with Crippen LogP contribution >= 0.6 is 0 Å². The van der Waals surface area contributed by atoms with E-state index in [1.807, 2.05) is 36.4 Å². The fraction of sp³-hybridized carbons (Fsp3) is 0.176. The molecule has 0 radical (unpaired) electrons. The van der Waals surface area contributed by atoms with Gasteiger partial charge in [0.1, 0.15) is 6.17 Å². The van der Waals surface area contributed by atoms with Crippen molar-refractivity contribution in [2.75, 3.05) is 6.54 Å². The van der Waals surface area contributed by atoms with Crippen molar-refractivity contribution in [1.29, 1.82) is 0 Å². The molecule has 0 amide bonds. The fourth-order valence-corrected chi connectivity index (χ4v) is 2.41. The van der Waals surface area contributed by atoms with E-state index in [1.165, 1.54) is 5.56 Å². The molecule has 3 heteroatoms.